The third kappa shape index (κ3) is 3.16. The number of carbonyl (C=O) groups excluding carboxylic acids is 1. The second-order valence-corrected chi connectivity index (χ2v) is 7.92. The van der Waals surface area contributed by atoms with E-state index in [2.05, 4.69) is 45.5 Å². The Hall–Kier alpha value is -3.22. The number of anilines is 2. The summed E-state index contributed by atoms with van der Waals surface area (Å²) in [6.45, 7) is 6.11. The lowest BCUT2D eigenvalue weighted by molar-refractivity contribution is -0.116. The Kier molecular flexibility index (Phi) is 4.30. The summed E-state index contributed by atoms with van der Waals surface area (Å²) in [5, 5.41) is 16.5. The fraction of sp³-hybridized carbons (Fsp3) is 0.364. The summed E-state index contributed by atoms with van der Waals surface area (Å²) in [6.07, 6.45) is 2.81. The number of fused-ring (bicyclic) bond motifs is 1. The first-order valence-corrected chi connectivity index (χ1v) is 10.1. The van der Waals surface area contributed by atoms with E-state index in [1.54, 1.807) is 4.68 Å². The van der Waals surface area contributed by atoms with Crippen molar-refractivity contribution in [3.63, 3.8) is 0 Å². The van der Waals surface area contributed by atoms with Crippen molar-refractivity contribution in [1.82, 2.24) is 20.0 Å². The maximum atomic E-state index is 12.5. The van der Waals surface area contributed by atoms with Gasteiger partial charge in [0.05, 0.1) is 5.69 Å². The third-order valence-electron chi connectivity index (χ3n) is 5.83. The van der Waals surface area contributed by atoms with E-state index in [9.17, 15) is 4.79 Å². The van der Waals surface area contributed by atoms with Crippen LogP contribution >= 0.6 is 0 Å². The molecule has 1 atom stereocenters. The Morgan fingerprint density at radius 1 is 1.03 bits per heavy atom. The summed E-state index contributed by atoms with van der Waals surface area (Å²) < 4.78 is 1.71. The molecule has 0 aliphatic carbocycles. The van der Waals surface area contributed by atoms with E-state index in [0.29, 0.717) is 18.1 Å². The zero-order valence-corrected chi connectivity index (χ0v) is 16.7. The molecule has 5 rings (SSSR count). The maximum absolute atomic E-state index is 12.5. The molecule has 0 unspecified atom stereocenters. The van der Waals surface area contributed by atoms with Crippen LogP contribution in [0, 0.1) is 13.8 Å². The van der Waals surface area contributed by atoms with Crippen molar-refractivity contribution in [3.8, 4) is 5.82 Å². The molecule has 7 heteroatoms. The summed E-state index contributed by atoms with van der Waals surface area (Å²) in [7, 11) is 0. The number of nitrogens with zero attached hydrogens (tertiary/aromatic N) is 5. The average Bonchev–Trinajstić information content (AvgIpc) is 3.36. The van der Waals surface area contributed by atoms with Gasteiger partial charge in [0.25, 0.3) is 0 Å². The highest BCUT2D eigenvalue weighted by Gasteiger charge is 2.33. The zero-order valence-electron chi connectivity index (χ0n) is 16.7. The number of rotatable bonds is 3. The highest BCUT2D eigenvalue weighted by Crippen LogP contribution is 2.40. The quantitative estimate of drug-likeness (QED) is 0.745. The van der Waals surface area contributed by atoms with E-state index >= 15 is 0 Å². The molecule has 4 heterocycles. The van der Waals surface area contributed by atoms with Gasteiger partial charge >= 0.3 is 0 Å². The molecule has 1 amide bonds. The Balaban J connectivity index is 1.55. The van der Waals surface area contributed by atoms with E-state index < -0.39 is 0 Å². The molecule has 0 radical (unpaired) electrons. The molecular weight excluding hydrogens is 364 g/mol. The van der Waals surface area contributed by atoms with Crippen molar-refractivity contribution < 1.29 is 4.79 Å². The highest BCUT2D eigenvalue weighted by atomic mass is 16.1. The van der Waals surface area contributed by atoms with Gasteiger partial charge in [0.15, 0.2) is 11.6 Å². The molecule has 1 fully saturated rings. The van der Waals surface area contributed by atoms with Crippen LogP contribution < -0.4 is 10.2 Å². The van der Waals surface area contributed by atoms with Gasteiger partial charge in [-0.3, -0.25) is 4.79 Å². The molecule has 2 aliphatic heterocycles. The first kappa shape index (κ1) is 17.8. The summed E-state index contributed by atoms with van der Waals surface area (Å²) in [5.74, 6) is 2.19. The van der Waals surface area contributed by atoms with Crippen molar-refractivity contribution in [3.05, 3.63) is 58.8 Å². The minimum Gasteiger partial charge on any atom is -0.355 e. The van der Waals surface area contributed by atoms with E-state index in [1.807, 2.05) is 25.1 Å². The minimum absolute atomic E-state index is 0.00759. The van der Waals surface area contributed by atoms with Crippen LogP contribution in [-0.4, -0.2) is 39.0 Å². The molecule has 7 nitrogen and oxygen atoms in total. The van der Waals surface area contributed by atoms with Crippen LogP contribution in [0.3, 0.4) is 0 Å². The first-order valence-electron chi connectivity index (χ1n) is 10.1. The molecule has 2 aliphatic rings. The lowest BCUT2D eigenvalue weighted by atomic mass is 9.85. The Morgan fingerprint density at radius 3 is 2.52 bits per heavy atom. The van der Waals surface area contributed by atoms with Crippen LogP contribution in [0.15, 0.2) is 36.4 Å². The standard InChI is InChI=1S/C22H24N6O/c1-14-6-5-7-16(12-14)17-13-20(29)23-22-21(17)15(2)26-28(22)19-9-8-18(24-25-19)27-10-3-4-11-27/h5-9,12,17H,3-4,10-11,13H2,1-2H3,(H,23,29)/t17-/m1/s1. The number of amides is 1. The van der Waals surface area contributed by atoms with Crippen molar-refractivity contribution in [1.29, 1.82) is 0 Å². The summed E-state index contributed by atoms with van der Waals surface area (Å²) in [6, 6.07) is 12.3. The van der Waals surface area contributed by atoms with E-state index in [-0.39, 0.29) is 11.8 Å². The van der Waals surface area contributed by atoms with Gasteiger partial charge in [0, 0.05) is 31.0 Å². The molecule has 1 saturated heterocycles. The lowest BCUT2D eigenvalue weighted by Gasteiger charge is -2.24. The Labute approximate surface area is 169 Å². The molecule has 1 aromatic carbocycles. The van der Waals surface area contributed by atoms with Gasteiger partial charge in [-0.05, 0) is 44.4 Å². The molecule has 2 aromatic heterocycles. The van der Waals surface area contributed by atoms with Crippen molar-refractivity contribution in [2.75, 3.05) is 23.3 Å². The number of aromatic nitrogens is 4. The van der Waals surface area contributed by atoms with Gasteiger partial charge in [0.2, 0.25) is 5.91 Å². The number of aryl methyl sites for hydroxylation is 2. The van der Waals surface area contributed by atoms with E-state index in [1.165, 1.54) is 18.4 Å². The van der Waals surface area contributed by atoms with Crippen LogP contribution in [0.5, 0.6) is 0 Å². The van der Waals surface area contributed by atoms with Crippen LogP contribution in [-0.2, 0) is 4.79 Å². The number of hydrogen-bond donors (Lipinski definition) is 1. The number of nitrogens with one attached hydrogen (secondary N) is 1. The first-order chi connectivity index (χ1) is 14.1. The topological polar surface area (TPSA) is 75.9 Å². The molecule has 3 aromatic rings. The molecule has 0 saturated carbocycles. The van der Waals surface area contributed by atoms with Gasteiger partial charge in [-0.15, -0.1) is 10.2 Å². The molecule has 29 heavy (non-hydrogen) atoms. The lowest BCUT2D eigenvalue weighted by Crippen LogP contribution is -2.25. The van der Waals surface area contributed by atoms with Crippen LogP contribution in [0.2, 0.25) is 0 Å². The van der Waals surface area contributed by atoms with Crippen LogP contribution in [0.25, 0.3) is 5.82 Å². The van der Waals surface area contributed by atoms with Gasteiger partial charge in [-0.1, -0.05) is 29.8 Å². The van der Waals surface area contributed by atoms with Crippen molar-refractivity contribution in [2.45, 2.75) is 39.0 Å². The number of carbonyl (C=O) groups is 1. The fourth-order valence-electron chi connectivity index (χ4n) is 4.43. The zero-order chi connectivity index (χ0) is 20.0. The van der Waals surface area contributed by atoms with Gasteiger partial charge in [0.1, 0.15) is 5.82 Å². The molecule has 0 spiro atoms. The predicted octanol–water partition coefficient (Wildman–Crippen LogP) is 3.35. The largest absolute Gasteiger partial charge is 0.355 e. The molecular formula is C22H24N6O. The van der Waals surface area contributed by atoms with Gasteiger partial charge in [-0.2, -0.15) is 9.78 Å². The smallest absolute Gasteiger partial charge is 0.226 e. The molecule has 0 bridgehead atoms. The summed E-state index contributed by atoms with van der Waals surface area (Å²) in [5.41, 5.74) is 4.28. The van der Waals surface area contributed by atoms with Crippen LogP contribution in [0.4, 0.5) is 11.6 Å². The SMILES string of the molecule is Cc1cccc([C@H]2CC(=O)Nc3c2c(C)nn3-c2ccc(N3CCCC3)nn2)c1. The average molecular weight is 388 g/mol. The van der Waals surface area contributed by atoms with Crippen molar-refractivity contribution in [2.24, 2.45) is 0 Å². The van der Waals surface area contributed by atoms with Crippen molar-refractivity contribution >= 4 is 17.5 Å². The van der Waals surface area contributed by atoms with E-state index in [0.717, 1.165) is 35.7 Å². The van der Waals surface area contributed by atoms with Gasteiger partial charge in [-0.25, -0.2) is 0 Å². The monoisotopic (exact) mass is 388 g/mol. The molecule has 1 N–H and O–H groups in total. The third-order valence-corrected chi connectivity index (χ3v) is 5.83. The summed E-state index contributed by atoms with van der Waals surface area (Å²) >= 11 is 0. The second kappa shape index (κ2) is 6.99. The summed E-state index contributed by atoms with van der Waals surface area (Å²) in [4.78, 5) is 14.8. The van der Waals surface area contributed by atoms with Crippen LogP contribution in [0.1, 0.15) is 47.6 Å². The highest BCUT2D eigenvalue weighted by molar-refractivity contribution is 5.95. The number of benzene rings is 1. The fourth-order valence-corrected chi connectivity index (χ4v) is 4.43. The van der Waals surface area contributed by atoms with Gasteiger partial charge < -0.3 is 10.2 Å². The second-order valence-electron chi connectivity index (χ2n) is 7.92. The van der Waals surface area contributed by atoms with E-state index in [4.69, 9.17) is 5.10 Å². The predicted molar refractivity (Wildman–Crippen MR) is 112 cm³/mol. The number of hydrogen-bond acceptors (Lipinski definition) is 5. The Morgan fingerprint density at radius 2 is 1.79 bits per heavy atom. The minimum atomic E-state index is -0.00997. The molecule has 148 valence electrons. The Bertz CT molecular complexity index is 1070. The normalized spacial score (nSPS) is 18.6. The maximum Gasteiger partial charge on any atom is 0.226 e.